The van der Waals surface area contributed by atoms with E-state index in [-0.39, 0.29) is 0 Å². The summed E-state index contributed by atoms with van der Waals surface area (Å²) in [6, 6.07) is 12.2. The Kier molecular flexibility index (Phi) is 12.6. The molecule has 0 aliphatic heterocycles. The normalized spacial score (nSPS) is 9.84. The maximum Gasteiger partial charge on any atom is 0.293 e. The number of rotatable bonds is 9. The lowest BCUT2D eigenvalue weighted by atomic mass is 10.1. The van der Waals surface area contributed by atoms with E-state index < -0.39 is 0 Å². The number of methoxy groups -OCH3 is 2. The molecule has 0 N–H and O–H groups in total. The second-order valence-corrected chi connectivity index (χ2v) is 6.64. The summed E-state index contributed by atoms with van der Waals surface area (Å²) in [4.78, 5) is 9.18. The molecule has 0 saturated carbocycles. The number of ether oxygens (including phenoxy) is 4. The summed E-state index contributed by atoms with van der Waals surface area (Å²) in [5, 5.41) is 1.08. The molecule has 0 amide bonds. The lowest BCUT2D eigenvalue weighted by Gasteiger charge is -2.12. The molecule has 0 saturated heterocycles. The van der Waals surface area contributed by atoms with Crippen molar-refractivity contribution in [2.45, 2.75) is 54.3 Å². The maximum absolute atomic E-state index is 9.18. The SMILES string of the molecule is CC.CCOC=O.CCc1ccc(OC)cc1OCc1cc(C)c2oc(COC)cc2c1. The van der Waals surface area contributed by atoms with Crippen LogP contribution in [0.15, 0.2) is 40.8 Å². The molecule has 176 valence electrons. The van der Waals surface area contributed by atoms with Gasteiger partial charge in [-0.3, -0.25) is 4.79 Å². The van der Waals surface area contributed by atoms with Gasteiger partial charge >= 0.3 is 0 Å². The minimum Gasteiger partial charge on any atom is -0.497 e. The van der Waals surface area contributed by atoms with Crippen molar-refractivity contribution in [2.75, 3.05) is 20.8 Å². The van der Waals surface area contributed by atoms with Gasteiger partial charge in [-0.15, -0.1) is 0 Å². The third kappa shape index (κ3) is 7.93. The highest BCUT2D eigenvalue weighted by Crippen LogP contribution is 2.28. The summed E-state index contributed by atoms with van der Waals surface area (Å²) in [7, 11) is 3.33. The van der Waals surface area contributed by atoms with Gasteiger partial charge in [0.15, 0.2) is 0 Å². The van der Waals surface area contributed by atoms with Gasteiger partial charge < -0.3 is 23.4 Å². The predicted molar refractivity (Wildman–Crippen MR) is 127 cm³/mol. The highest BCUT2D eigenvalue weighted by molar-refractivity contribution is 5.81. The zero-order valence-corrected chi connectivity index (χ0v) is 20.3. The first kappa shape index (κ1) is 27.0. The monoisotopic (exact) mass is 444 g/mol. The van der Waals surface area contributed by atoms with Crippen molar-refractivity contribution < 1.29 is 28.2 Å². The fourth-order valence-electron chi connectivity index (χ4n) is 3.07. The van der Waals surface area contributed by atoms with Crippen LogP contribution in [0.25, 0.3) is 11.0 Å². The number of aryl methyl sites for hydroxylation is 2. The number of hydrogen-bond donors (Lipinski definition) is 0. The molecular formula is C26H36O6. The molecule has 0 fully saturated rings. The van der Waals surface area contributed by atoms with Gasteiger partial charge in [0, 0.05) is 18.6 Å². The van der Waals surface area contributed by atoms with Crippen LogP contribution in [0, 0.1) is 6.92 Å². The number of hydrogen-bond acceptors (Lipinski definition) is 6. The van der Waals surface area contributed by atoms with E-state index >= 15 is 0 Å². The number of carbonyl (C=O) groups is 1. The molecule has 3 aromatic rings. The van der Waals surface area contributed by atoms with Crippen LogP contribution in [0.1, 0.15) is 50.1 Å². The predicted octanol–water partition coefficient (Wildman–Crippen LogP) is 6.24. The molecule has 0 radical (unpaired) electrons. The van der Waals surface area contributed by atoms with E-state index in [0.717, 1.165) is 45.8 Å². The molecule has 6 heteroatoms. The first-order chi connectivity index (χ1) is 15.6. The van der Waals surface area contributed by atoms with Crippen molar-refractivity contribution >= 4 is 17.4 Å². The Morgan fingerprint density at radius 2 is 1.75 bits per heavy atom. The topological polar surface area (TPSA) is 67.1 Å². The maximum atomic E-state index is 9.18. The van der Waals surface area contributed by atoms with Gasteiger partial charge in [-0.1, -0.05) is 26.8 Å². The highest BCUT2D eigenvalue weighted by atomic mass is 16.5. The van der Waals surface area contributed by atoms with Crippen molar-refractivity contribution in [1.82, 2.24) is 0 Å². The van der Waals surface area contributed by atoms with Gasteiger partial charge in [0.2, 0.25) is 0 Å². The van der Waals surface area contributed by atoms with E-state index in [9.17, 15) is 4.79 Å². The Labute approximate surface area is 191 Å². The van der Waals surface area contributed by atoms with E-state index in [0.29, 0.717) is 26.3 Å². The van der Waals surface area contributed by atoms with E-state index in [1.54, 1.807) is 21.1 Å². The summed E-state index contributed by atoms with van der Waals surface area (Å²) in [5.74, 6) is 2.50. The second kappa shape index (κ2) is 14.9. The Hall–Kier alpha value is -2.99. The summed E-state index contributed by atoms with van der Waals surface area (Å²) >= 11 is 0. The van der Waals surface area contributed by atoms with Crippen LogP contribution in [0.2, 0.25) is 0 Å². The van der Waals surface area contributed by atoms with Gasteiger partial charge in [-0.2, -0.15) is 0 Å². The van der Waals surface area contributed by atoms with Gasteiger partial charge in [-0.25, -0.2) is 0 Å². The summed E-state index contributed by atoms with van der Waals surface area (Å²) in [5.41, 5.74) is 4.29. The lowest BCUT2D eigenvalue weighted by Crippen LogP contribution is -1.99. The minimum atomic E-state index is 0.431. The molecule has 6 nitrogen and oxygen atoms in total. The molecule has 0 aliphatic rings. The summed E-state index contributed by atoms with van der Waals surface area (Å²) < 4.78 is 26.5. The molecule has 0 aliphatic carbocycles. The standard InChI is InChI=1S/C21H24O4.C3H6O2.C2H6/c1-5-16-6-7-18(23-4)11-20(16)24-12-15-8-14(2)21-17(9-15)10-19(25-21)13-22-3;1-2-5-3-4;1-2/h6-11H,5,12-13H2,1-4H3;3H,2H2,1H3;1-2H3. The van der Waals surface area contributed by atoms with Crippen molar-refractivity contribution in [3.05, 3.63) is 58.8 Å². The van der Waals surface area contributed by atoms with Crippen LogP contribution in [-0.2, 0) is 33.9 Å². The summed E-state index contributed by atoms with van der Waals surface area (Å²) in [6.07, 6.45) is 0.916. The van der Waals surface area contributed by atoms with Crippen LogP contribution >= 0.6 is 0 Å². The average molecular weight is 445 g/mol. The lowest BCUT2D eigenvalue weighted by molar-refractivity contribution is -0.128. The second-order valence-electron chi connectivity index (χ2n) is 6.64. The molecule has 0 unspecified atom stereocenters. The van der Waals surface area contributed by atoms with Crippen molar-refractivity contribution in [3.8, 4) is 11.5 Å². The molecule has 32 heavy (non-hydrogen) atoms. The highest BCUT2D eigenvalue weighted by Gasteiger charge is 2.10. The third-order valence-corrected chi connectivity index (χ3v) is 4.48. The average Bonchev–Trinajstić information content (AvgIpc) is 3.23. The number of benzene rings is 2. The Morgan fingerprint density at radius 3 is 2.31 bits per heavy atom. The molecule has 0 atom stereocenters. The zero-order chi connectivity index (χ0) is 23.9. The molecule has 1 heterocycles. The molecular weight excluding hydrogens is 408 g/mol. The number of furan rings is 1. The van der Waals surface area contributed by atoms with E-state index in [4.69, 9.17) is 18.6 Å². The van der Waals surface area contributed by atoms with Crippen LogP contribution in [0.4, 0.5) is 0 Å². The molecule has 0 spiro atoms. The van der Waals surface area contributed by atoms with Gasteiger partial charge in [0.25, 0.3) is 6.47 Å². The number of carbonyl (C=O) groups excluding carboxylic acids is 1. The smallest absolute Gasteiger partial charge is 0.293 e. The third-order valence-electron chi connectivity index (χ3n) is 4.48. The Bertz CT molecular complexity index is 945. The van der Waals surface area contributed by atoms with Crippen LogP contribution < -0.4 is 9.47 Å². The van der Waals surface area contributed by atoms with E-state index in [2.05, 4.69) is 36.8 Å². The largest absolute Gasteiger partial charge is 0.497 e. The molecule has 3 rings (SSSR count). The minimum absolute atomic E-state index is 0.431. The first-order valence-electron chi connectivity index (χ1n) is 10.9. The van der Waals surface area contributed by atoms with E-state index in [1.807, 2.05) is 32.0 Å². The van der Waals surface area contributed by atoms with Gasteiger partial charge in [0.1, 0.15) is 36.1 Å². The van der Waals surface area contributed by atoms with Crippen LogP contribution in [0.5, 0.6) is 11.5 Å². The van der Waals surface area contributed by atoms with E-state index in [1.165, 1.54) is 5.56 Å². The van der Waals surface area contributed by atoms with Crippen LogP contribution in [-0.4, -0.2) is 27.3 Å². The molecule has 1 aromatic heterocycles. The van der Waals surface area contributed by atoms with Crippen molar-refractivity contribution in [3.63, 3.8) is 0 Å². The fourth-order valence-corrected chi connectivity index (χ4v) is 3.07. The Balaban J connectivity index is 0.000000646. The van der Waals surface area contributed by atoms with Crippen molar-refractivity contribution in [2.24, 2.45) is 0 Å². The van der Waals surface area contributed by atoms with Gasteiger partial charge in [-0.05, 0) is 61.2 Å². The zero-order valence-electron chi connectivity index (χ0n) is 20.3. The molecule has 2 aromatic carbocycles. The quantitative estimate of drug-likeness (QED) is 0.364. The summed E-state index contributed by atoms with van der Waals surface area (Å²) in [6.45, 7) is 11.8. The van der Waals surface area contributed by atoms with Crippen LogP contribution in [0.3, 0.4) is 0 Å². The van der Waals surface area contributed by atoms with Gasteiger partial charge in [0.05, 0.1) is 13.7 Å². The fraction of sp³-hybridized carbons (Fsp3) is 0.423. The first-order valence-corrected chi connectivity index (χ1v) is 10.9. The van der Waals surface area contributed by atoms with Crippen molar-refractivity contribution in [1.29, 1.82) is 0 Å². The Morgan fingerprint density at radius 1 is 1.00 bits per heavy atom. The number of fused-ring (bicyclic) bond motifs is 1. The molecule has 0 bridgehead atoms.